The number of hydrogen-bond donors (Lipinski definition) is 1. The van der Waals surface area contributed by atoms with Crippen LogP contribution in [0.2, 0.25) is 0 Å². The van der Waals surface area contributed by atoms with E-state index in [0.29, 0.717) is 0 Å². The van der Waals surface area contributed by atoms with Gasteiger partial charge < -0.3 is 5.11 Å². The summed E-state index contributed by atoms with van der Waals surface area (Å²) in [5, 5.41) is 8.99. The molecule has 0 aromatic heterocycles. The highest BCUT2D eigenvalue weighted by Gasteiger charge is 2.05. The van der Waals surface area contributed by atoms with Crippen LogP contribution in [0.1, 0.15) is 33.6 Å². The highest BCUT2D eigenvalue weighted by Crippen LogP contribution is 2.14. The second-order valence-corrected chi connectivity index (χ2v) is 3.37. The normalized spacial score (nSPS) is 14.5. The molecule has 0 aliphatic rings. The van der Waals surface area contributed by atoms with Crippen LogP contribution in [0, 0.1) is 5.92 Å². The van der Waals surface area contributed by atoms with E-state index < -0.39 is 0 Å². The summed E-state index contributed by atoms with van der Waals surface area (Å²) in [4.78, 5) is 0. The first kappa shape index (κ1) is 11.4. The Balaban J connectivity index is 3.96. The molecule has 0 fully saturated rings. The number of rotatable bonds is 5. The van der Waals surface area contributed by atoms with E-state index in [2.05, 4.69) is 26.5 Å². The molecule has 0 saturated carbocycles. The molecule has 0 aliphatic heterocycles. The molecule has 1 N–H and O–H groups in total. The number of hydrogen-bond acceptors (Lipinski definition) is 1. The minimum atomic E-state index is 0.211. The first-order chi connectivity index (χ1) is 5.61. The maximum Gasteiger partial charge on any atom is 0.0499 e. The average molecular weight is 168 g/mol. The molecule has 0 amide bonds. The van der Waals surface area contributed by atoms with Gasteiger partial charge in [0.25, 0.3) is 0 Å². The molecule has 0 spiro atoms. The van der Waals surface area contributed by atoms with Crippen LogP contribution < -0.4 is 0 Å². The van der Waals surface area contributed by atoms with Crippen LogP contribution in [0.25, 0.3) is 0 Å². The molecule has 12 heavy (non-hydrogen) atoms. The van der Waals surface area contributed by atoms with Gasteiger partial charge in [-0.25, -0.2) is 0 Å². The molecule has 1 unspecified atom stereocenters. The lowest BCUT2D eigenvalue weighted by molar-refractivity contribution is 0.247. The smallest absolute Gasteiger partial charge is 0.0499 e. The molecule has 70 valence electrons. The van der Waals surface area contributed by atoms with Gasteiger partial charge in [0.1, 0.15) is 0 Å². The van der Waals surface area contributed by atoms with Gasteiger partial charge in [0.05, 0.1) is 0 Å². The van der Waals surface area contributed by atoms with Gasteiger partial charge in [0.15, 0.2) is 0 Å². The van der Waals surface area contributed by atoms with Crippen LogP contribution in [0.3, 0.4) is 0 Å². The summed E-state index contributed by atoms with van der Waals surface area (Å²) < 4.78 is 0. The minimum Gasteiger partial charge on any atom is -0.396 e. The molecule has 0 radical (unpaired) electrons. The van der Waals surface area contributed by atoms with Gasteiger partial charge in [-0.1, -0.05) is 30.7 Å². The molecule has 0 bridgehead atoms. The summed E-state index contributed by atoms with van der Waals surface area (Å²) in [5.74, 6) is 0.242. The van der Waals surface area contributed by atoms with Crippen LogP contribution in [0.5, 0.6) is 0 Å². The largest absolute Gasteiger partial charge is 0.396 e. The fourth-order valence-electron chi connectivity index (χ4n) is 0.919. The molecule has 0 aromatic rings. The van der Waals surface area contributed by atoms with Crippen LogP contribution in [0.4, 0.5) is 0 Å². The summed E-state index contributed by atoms with van der Waals surface area (Å²) in [5.41, 5.74) is 2.45. The van der Waals surface area contributed by atoms with Crippen molar-refractivity contribution in [3.8, 4) is 0 Å². The van der Waals surface area contributed by atoms with Gasteiger partial charge in [-0.2, -0.15) is 0 Å². The van der Waals surface area contributed by atoms with Crippen molar-refractivity contribution in [2.75, 3.05) is 6.61 Å². The van der Waals surface area contributed by atoms with Crippen LogP contribution in [-0.4, -0.2) is 11.7 Å². The quantitative estimate of drug-likeness (QED) is 0.626. The third-order valence-electron chi connectivity index (χ3n) is 2.23. The maximum absolute atomic E-state index is 8.99. The van der Waals surface area contributed by atoms with Crippen LogP contribution >= 0.6 is 0 Å². The van der Waals surface area contributed by atoms with Gasteiger partial charge in [-0.3, -0.25) is 0 Å². The van der Waals surface area contributed by atoms with E-state index in [9.17, 15) is 0 Å². The SMILES string of the molecule is C=C(C)C(CO)C/C=C(\C)CC. The summed E-state index contributed by atoms with van der Waals surface area (Å²) in [6, 6.07) is 0. The lowest BCUT2D eigenvalue weighted by Crippen LogP contribution is -2.05. The highest BCUT2D eigenvalue weighted by molar-refractivity contribution is 5.04. The average Bonchev–Trinajstić information content (AvgIpc) is 2.04. The number of aliphatic hydroxyl groups excluding tert-OH is 1. The first-order valence-electron chi connectivity index (χ1n) is 4.53. The van der Waals surface area contributed by atoms with Crippen LogP contribution in [-0.2, 0) is 0 Å². The second-order valence-electron chi connectivity index (χ2n) is 3.37. The fourth-order valence-corrected chi connectivity index (χ4v) is 0.919. The van der Waals surface area contributed by atoms with Crippen molar-refractivity contribution in [3.05, 3.63) is 23.8 Å². The fraction of sp³-hybridized carbons (Fsp3) is 0.636. The van der Waals surface area contributed by atoms with Gasteiger partial charge in [0, 0.05) is 12.5 Å². The third kappa shape index (κ3) is 4.35. The van der Waals surface area contributed by atoms with E-state index in [1.165, 1.54) is 5.57 Å². The van der Waals surface area contributed by atoms with Crippen molar-refractivity contribution >= 4 is 0 Å². The topological polar surface area (TPSA) is 20.2 Å². The summed E-state index contributed by atoms with van der Waals surface area (Å²) in [7, 11) is 0. The van der Waals surface area contributed by atoms with Gasteiger partial charge >= 0.3 is 0 Å². The second kappa shape index (κ2) is 6.01. The molecule has 0 aliphatic carbocycles. The molecule has 1 atom stereocenters. The zero-order chi connectivity index (χ0) is 9.56. The minimum absolute atomic E-state index is 0.211. The van der Waals surface area contributed by atoms with Crippen molar-refractivity contribution in [2.24, 2.45) is 5.92 Å². The molecule has 1 heteroatoms. The monoisotopic (exact) mass is 168 g/mol. The predicted octanol–water partition coefficient (Wildman–Crippen LogP) is 2.92. The summed E-state index contributed by atoms with van der Waals surface area (Å²) in [6.45, 7) is 10.3. The van der Waals surface area contributed by atoms with Crippen molar-refractivity contribution in [1.82, 2.24) is 0 Å². The zero-order valence-corrected chi connectivity index (χ0v) is 8.43. The molecular weight excluding hydrogens is 148 g/mol. The van der Waals surface area contributed by atoms with Crippen molar-refractivity contribution in [1.29, 1.82) is 0 Å². The lowest BCUT2D eigenvalue weighted by atomic mass is 9.97. The van der Waals surface area contributed by atoms with Crippen molar-refractivity contribution in [3.63, 3.8) is 0 Å². The van der Waals surface area contributed by atoms with E-state index in [0.717, 1.165) is 18.4 Å². The van der Waals surface area contributed by atoms with E-state index in [4.69, 9.17) is 5.11 Å². The third-order valence-corrected chi connectivity index (χ3v) is 2.23. The summed E-state index contributed by atoms with van der Waals surface area (Å²) in [6.07, 6.45) is 4.20. The van der Waals surface area contributed by atoms with Crippen molar-refractivity contribution in [2.45, 2.75) is 33.6 Å². The molecule has 0 saturated heterocycles. The zero-order valence-electron chi connectivity index (χ0n) is 8.43. The number of aliphatic hydroxyl groups is 1. The molecule has 0 rings (SSSR count). The van der Waals surface area contributed by atoms with Gasteiger partial charge in [-0.15, -0.1) is 0 Å². The molecular formula is C11H20O. The molecule has 1 nitrogen and oxygen atoms in total. The molecule has 0 heterocycles. The van der Waals surface area contributed by atoms with Gasteiger partial charge in [0.2, 0.25) is 0 Å². The van der Waals surface area contributed by atoms with E-state index in [-0.39, 0.29) is 12.5 Å². The summed E-state index contributed by atoms with van der Waals surface area (Å²) >= 11 is 0. The Hall–Kier alpha value is -0.560. The lowest BCUT2D eigenvalue weighted by Gasteiger charge is -2.11. The van der Waals surface area contributed by atoms with Crippen molar-refractivity contribution < 1.29 is 5.11 Å². The Bertz CT molecular complexity index is 168. The van der Waals surface area contributed by atoms with Gasteiger partial charge in [-0.05, 0) is 26.7 Å². The Morgan fingerprint density at radius 3 is 2.42 bits per heavy atom. The van der Waals surface area contributed by atoms with Crippen LogP contribution in [0.15, 0.2) is 23.8 Å². The van der Waals surface area contributed by atoms with E-state index in [1.54, 1.807) is 0 Å². The predicted molar refractivity (Wildman–Crippen MR) is 54.1 cm³/mol. The van der Waals surface area contributed by atoms with E-state index >= 15 is 0 Å². The Morgan fingerprint density at radius 2 is 2.08 bits per heavy atom. The standard InChI is InChI=1S/C11H20O/c1-5-10(4)6-7-11(8-12)9(2)3/h6,11-12H,2,5,7-8H2,1,3-4H3/b10-6+. The van der Waals surface area contributed by atoms with E-state index in [1.807, 2.05) is 6.92 Å². The Morgan fingerprint density at radius 1 is 1.50 bits per heavy atom. The highest BCUT2D eigenvalue weighted by atomic mass is 16.3. The Kier molecular flexibility index (Phi) is 5.73. The maximum atomic E-state index is 8.99. The number of allylic oxidation sites excluding steroid dienone is 2. The first-order valence-corrected chi connectivity index (χ1v) is 4.53. The Labute approximate surface area is 75.8 Å². The molecule has 0 aromatic carbocycles.